The number of aromatic carboxylic acids is 1. The molecule has 1 heterocycles. The molecule has 1 aromatic heterocycles. The van der Waals surface area contributed by atoms with Crippen LogP contribution in [0.1, 0.15) is 35.8 Å². The van der Waals surface area contributed by atoms with Gasteiger partial charge in [-0.15, -0.1) is 0 Å². The molecule has 20 heavy (non-hydrogen) atoms. The van der Waals surface area contributed by atoms with Crippen LogP contribution in [0.25, 0.3) is 0 Å². The van der Waals surface area contributed by atoms with Gasteiger partial charge in [-0.3, -0.25) is 4.79 Å². The summed E-state index contributed by atoms with van der Waals surface area (Å²) in [5.41, 5.74) is 0.986. The second-order valence-electron chi connectivity index (χ2n) is 4.61. The number of hydrogen-bond donors (Lipinski definition) is 2. The lowest BCUT2D eigenvalue weighted by Crippen LogP contribution is -2.27. The lowest BCUT2D eigenvalue weighted by atomic mass is 10.1. The van der Waals surface area contributed by atoms with E-state index < -0.39 is 5.97 Å². The third kappa shape index (κ3) is 4.53. The van der Waals surface area contributed by atoms with E-state index in [4.69, 9.17) is 5.11 Å². The van der Waals surface area contributed by atoms with Gasteiger partial charge < -0.3 is 15.3 Å². The normalized spacial score (nSPS) is 10.2. The number of rotatable bonds is 7. The minimum atomic E-state index is -0.967. The minimum absolute atomic E-state index is 0.0555. The second-order valence-corrected chi connectivity index (χ2v) is 4.61. The second kappa shape index (κ2) is 7.47. The SMILES string of the molecule is CCCc1cc(C(=O)O)cc(N(C)CCC(=O)NC)n1. The maximum Gasteiger partial charge on any atom is 0.335 e. The van der Waals surface area contributed by atoms with Crippen molar-refractivity contribution in [3.05, 3.63) is 23.4 Å². The zero-order valence-electron chi connectivity index (χ0n) is 12.1. The average Bonchev–Trinajstić information content (AvgIpc) is 2.44. The highest BCUT2D eigenvalue weighted by molar-refractivity contribution is 5.88. The standard InChI is InChI=1S/C14H21N3O3/c1-4-5-11-8-10(14(19)20)9-12(16-11)17(3)7-6-13(18)15-2/h8-9H,4-7H2,1-3H3,(H,15,18)(H,19,20). The van der Waals surface area contributed by atoms with Crippen LogP contribution >= 0.6 is 0 Å². The molecule has 2 N–H and O–H groups in total. The Kier molecular flexibility index (Phi) is 5.96. The van der Waals surface area contributed by atoms with E-state index >= 15 is 0 Å². The zero-order chi connectivity index (χ0) is 15.1. The predicted molar refractivity (Wildman–Crippen MR) is 77.1 cm³/mol. The Morgan fingerprint density at radius 1 is 1.40 bits per heavy atom. The van der Waals surface area contributed by atoms with Crippen LogP contribution in [-0.2, 0) is 11.2 Å². The number of anilines is 1. The highest BCUT2D eigenvalue weighted by Gasteiger charge is 2.12. The number of carbonyl (C=O) groups excluding carboxylic acids is 1. The number of aryl methyl sites for hydroxylation is 1. The van der Waals surface area contributed by atoms with Crippen LogP contribution in [0.4, 0.5) is 5.82 Å². The molecule has 0 aliphatic rings. The molecule has 0 fully saturated rings. The van der Waals surface area contributed by atoms with Crippen molar-refractivity contribution in [3.8, 4) is 0 Å². The van der Waals surface area contributed by atoms with E-state index in [1.54, 1.807) is 25.1 Å². The van der Waals surface area contributed by atoms with Crippen LogP contribution < -0.4 is 10.2 Å². The molecule has 6 nitrogen and oxygen atoms in total. The molecule has 0 aliphatic carbocycles. The van der Waals surface area contributed by atoms with Gasteiger partial charge in [-0.25, -0.2) is 9.78 Å². The summed E-state index contributed by atoms with van der Waals surface area (Å²) in [6.45, 7) is 2.51. The van der Waals surface area contributed by atoms with Gasteiger partial charge in [-0.2, -0.15) is 0 Å². The van der Waals surface area contributed by atoms with Gasteiger partial charge >= 0.3 is 5.97 Å². The number of nitrogens with one attached hydrogen (secondary N) is 1. The Bertz CT molecular complexity index is 489. The van der Waals surface area contributed by atoms with E-state index in [-0.39, 0.29) is 11.5 Å². The van der Waals surface area contributed by atoms with Crippen molar-refractivity contribution in [2.45, 2.75) is 26.2 Å². The number of carbonyl (C=O) groups is 2. The Balaban J connectivity index is 2.91. The summed E-state index contributed by atoms with van der Waals surface area (Å²) < 4.78 is 0. The number of carboxylic acids is 1. The van der Waals surface area contributed by atoms with Crippen molar-refractivity contribution >= 4 is 17.7 Å². The third-order valence-electron chi connectivity index (χ3n) is 2.96. The Morgan fingerprint density at radius 3 is 2.65 bits per heavy atom. The average molecular weight is 279 g/mol. The highest BCUT2D eigenvalue weighted by Crippen LogP contribution is 2.15. The fourth-order valence-electron chi connectivity index (χ4n) is 1.78. The van der Waals surface area contributed by atoms with Gasteiger partial charge in [-0.05, 0) is 18.6 Å². The number of nitrogens with zero attached hydrogens (tertiary/aromatic N) is 2. The van der Waals surface area contributed by atoms with Gasteiger partial charge in [0.1, 0.15) is 5.82 Å². The number of amides is 1. The molecule has 0 bridgehead atoms. The van der Waals surface area contributed by atoms with Crippen molar-refractivity contribution in [1.82, 2.24) is 10.3 Å². The van der Waals surface area contributed by atoms with Crippen LogP contribution in [0.3, 0.4) is 0 Å². The molecule has 0 saturated heterocycles. The molecule has 1 rings (SSSR count). The van der Waals surface area contributed by atoms with E-state index in [2.05, 4.69) is 10.3 Å². The summed E-state index contributed by atoms with van der Waals surface area (Å²) in [5, 5.41) is 11.7. The molecule has 0 aliphatic heterocycles. The summed E-state index contributed by atoms with van der Waals surface area (Å²) in [6, 6.07) is 3.13. The first-order valence-corrected chi connectivity index (χ1v) is 6.64. The topological polar surface area (TPSA) is 82.5 Å². The van der Waals surface area contributed by atoms with Crippen molar-refractivity contribution < 1.29 is 14.7 Å². The van der Waals surface area contributed by atoms with E-state index in [9.17, 15) is 9.59 Å². The number of pyridine rings is 1. The van der Waals surface area contributed by atoms with E-state index in [0.717, 1.165) is 18.5 Å². The molecular formula is C14H21N3O3. The van der Waals surface area contributed by atoms with Crippen LogP contribution in [0.2, 0.25) is 0 Å². The third-order valence-corrected chi connectivity index (χ3v) is 2.96. The first kappa shape index (κ1) is 15.9. The molecule has 110 valence electrons. The van der Waals surface area contributed by atoms with Gasteiger partial charge in [0.2, 0.25) is 5.91 Å². The van der Waals surface area contributed by atoms with Gasteiger partial charge in [0.25, 0.3) is 0 Å². The summed E-state index contributed by atoms with van der Waals surface area (Å²) in [5.74, 6) is -0.442. The van der Waals surface area contributed by atoms with Crippen LogP contribution in [0.15, 0.2) is 12.1 Å². The van der Waals surface area contributed by atoms with Gasteiger partial charge in [0.15, 0.2) is 0 Å². The van der Waals surface area contributed by atoms with Crippen molar-refractivity contribution in [3.63, 3.8) is 0 Å². The lowest BCUT2D eigenvalue weighted by molar-refractivity contribution is -0.120. The molecule has 0 aromatic carbocycles. The fraction of sp³-hybridized carbons (Fsp3) is 0.500. The molecular weight excluding hydrogens is 258 g/mol. The maximum absolute atomic E-state index is 11.2. The van der Waals surface area contributed by atoms with E-state index in [0.29, 0.717) is 18.8 Å². The molecule has 1 amide bonds. The Labute approximate surface area is 118 Å². The van der Waals surface area contributed by atoms with Gasteiger partial charge in [0, 0.05) is 32.8 Å². The largest absolute Gasteiger partial charge is 0.478 e. The molecule has 0 unspecified atom stereocenters. The first-order chi connectivity index (χ1) is 9.47. The van der Waals surface area contributed by atoms with Crippen molar-refractivity contribution in [2.75, 3.05) is 25.5 Å². The first-order valence-electron chi connectivity index (χ1n) is 6.64. The Hall–Kier alpha value is -2.11. The van der Waals surface area contributed by atoms with Gasteiger partial charge in [-0.1, -0.05) is 13.3 Å². The molecule has 0 radical (unpaired) electrons. The summed E-state index contributed by atoms with van der Waals surface area (Å²) >= 11 is 0. The van der Waals surface area contributed by atoms with Crippen molar-refractivity contribution in [1.29, 1.82) is 0 Å². The maximum atomic E-state index is 11.2. The van der Waals surface area contributed by atoms with E-state index in [1.165, 1.54) is 6.07 Å². The van der Waals surface area contributed by atoms with Crippen molar-refractivity contribution in [2.24, 2.45) is 0 Å². The molecule has 0 atom stereocenters. The highest BCUT2D eigenvalue weighted by atomic mass is 16.4. The number of hydrogen-bond acceptors (Lipinski definition) is 4. The lowest BCUT2D eigenvalue weighted by Gasteiger charge is -2.19. The van der Waals surface area contributed by atoms with Crippen LogP contribution in [0.5, 0.6) is 0 Å². The summed E-state index contributed by atoms with van der Waals surface area (Å²) in [4.78, 5) is 28.6. The molecule has 0 spiro atoms. The fourth-order valence-corrected chi connectivity index (χ4v) is 1.78. The quantitative estimate of drug-likeness (QED) is 0.786. The van der Waals surface area contributed by atoms with Crippen LogP contribution in [-0.4, -0.2) is 42.6 Å². The number of carboxylic acid groups (broad SMARTS) is 1. The minimum Gasteiger partial charge on any atom is -0.478 e. The summed E-state index contributed by atoms with van der Waals surface area (Å²) in [7, 11) is 3.39. The van der Waals surface area contributed by atoms with E-state index in [1.807, 2.05) is 6.92 Å². The molecule has 1 aromatic rings. The Morgan fingerprint density at radius 2 is 2.10 bits per heavy atom. The monoisotopic (exact) mass is 279 g/mol. The van der Waals surface area contributed by atoms with Crippen LogP contribution in [0, 0.1) is 0 Å². The smallest absolute Gasteiger partial charge is 0.335 e. The summed E-state index contributed by atoms with van der Waals surface area (Å²) in [6.07, 6.45) is 1.98. The zero-order valence-corrected chi connectivity index (χ0v) is 12.1. The molecule has 0 saturated carbocycles. The number of aromatic nitrogens is 1. The van der Waals surface area contributed by atoms with Gasteiger partial charge in [0.05, 0.1) is 5.56 Å². The molecule has 6 heteroatoms. The predicted octanol–water partition coefficient (Wildman–Crippen LogP) is 1.30.